The van der Waals surface area contributed by atoms with E-state index in [4.69, 9.17) is 32.4 Å². The molecule has 0 bridgehead atoms. The van der Waals surface area contributed by atoms with Crippen LogP contribution in [0.5, 0.6) is 0 Å². The normalized spacial score (nSPS) is 13.8. The zero-order valence-corrected chi connectivity index (χ0v) is 18.9. The molecule has 2 aromatic rings. The second-order valence-corrected chi connectivity index (χ2v) is 9.15. The van der Waals surface area contributed by atoms with Gasteiger partial charge in [-0.2, -0.15) is 0 Å². The number of alkyl carbamates (subject to hydrolysis) is 1. The minimum atomic E-state index is -0.589. The van der Waals surface area contributed by atoms with Gasteiger partial charge in [-0.3, -0.25) is 0 Å². The van der Waals surface area contributed by atoms with E-state index < -0.39 is 17.7 Å². The standard InChI is InChI=1S/C19H25Cl2N3O3S/c1-6-11(2)15(22-17(25)27-19(3,4)5)16-23-24-18(26-16)28-10-12-13(20)8-7-9-14(12)21/h7-9,11,15H,6,10H2,1-5H3,(H,22,25)/t11?,15-/m0/s1. The average Bonchev–Trinajstić information content (AvgIpc) is 3.05. The molecule has 0 radical (unpaired) electrons. The van der Waals surface area contributed by atoms with E-state index in [1.165, 1.54) is 11.8 Å². The van der Waals surface area contributed by atoms with Gasteiger partial charge in [0.25, 0.3) is 5.22 Å². The number of ether oxygens (including phenoxy) is 1. The van der Waals surface area contributed by atoms with Crippen LogP contribution < -0.4 is 5.32 Å². The third-order valence-electron chi connectivity index (χ3n) is 3.98. The van der Waals surface area contributed by atoms with Crippen LogP contribution >= 0.6 is 35.0 Å². The van der Waals surface area contributed by atoms with E-state index >= 15 is 0 Å². The second kappa shape index (κ2) is 9.85. The van der Waals surface area contributed by atoms with Crippen LogP contribution in [0.4, 0.5) is 4.79 Å². The molecule has 1 heterocycles. The summed E-state index contributed by atoms with van der Waals surface area (Å²) in [4.78, 5) is 12.2. The molecule has 28 heavy (non-hydrogen) atoms. The third kappa shape index (κ3) is 6.57. The van der Waals surface area contributed by atoms with Crippen LogP contribution in [0.1, 0.15) is 58.5 Å². The lowest BCUT2D eigenvalue weighted by atomic mass is 9.99. The minimum absolute atomic E-state index is 0.0869. The lowest BCUT2D eigenvalue weighted by molar-refractivity contribution is 0.0474. The van der Waals surface area contributed by atoms with Gasteiger partial charge in [0.05, 0.1) is 0 Å². The first kappa shape index (κ1) is 22.8. The summed E-state index contributed by atoms with van der Waals surface area (Å²) in [6.07, 6.45) is 0.300. The van der Waals surface area contributed by atoms with Crippen molar-refractivity contribution in [1.29, 1.82) is 0 Å². The summed E-state index contributed by atoms with van der Waals surface area (Å²) in [5.74, 6) is 0.921. The monoisotopic (exact) mass is 445 g/mol. The molecule has 1 amide bonds. The van der Waals surface area contributed by atoms with Crippen LogP contribution in [-0.2, 0) is 10.5 Å². The smallest absolute Gasteiger partial charge is 0.408 e. The molecule has 1 N–H and O–H groups in total. The number of aromatic nitrogens is 2. The number of benzene rings is 1. The molecule has 0 spiro atoms. The van der Waals surface area contributed by atoms with Crippen LogP contribution in [0.3, 0.4) is 0 Å². The van der Waals surface area contributed by atoms with Gasteiger partial charge < -0.3 is 14.5 Å². The van der Waals surface area contributed by atoms with Crippen LogP contribution in [0, 0.1) is 5.92 Å². The fourth-order valence-electron chi connectivity index (χ4n) is 2.33. The maximum absolute atomic E-state index is 12.2. The summed E-state index contributed by atoms with van der Waals surface area (Å²) in [6, 6.07) is 4.92. The average molecular weight is 446 g/mol. The number of hydrogen-bond acceptors (Lipinski definition) is 6. The van der Waals surface area contributed by atoms with E-state index in [1.54, 1.807) is 18.2 Å². The van der Waals surface area contributed by atoms with E-state index in [-0.39, 0.29) is 5.92 Å². The van der Waals surface area contributed by atoms with Crippen molar-refractivity contribution in [2.75, 3.05) is 0 Å². The summed E-state index contributed by atoms with van der Waals surface area (Å²) < 4.78 is 11.1. The highest BCUT2D eigenvalue weighted by molar-refractivity contribution is 7.98. The molecule has 6 nitrogen and oxygen atoms in total. The molecule has 0 saturated carbocycles. The predicted molar refractivity (Wildman–Crippen MR) is 112 cm³/mol. The molecule has 9 heteroatoms. The van der Waals surface area contributed by atoms with Crippen LogP contribution in [-0.4, -0.2) is 21.9 Å². The number of hydrogen-bond donors (Lipinski definition) is 1. The molecule has 1 unspecified atom stereocenters. The number of halogens is 2. The largest absolute Gasteiger partial charge is 0.444 e. The topological polar surface area (TPSA) is 77.2 Å². The van der Waals surface area contributed by atoms with E-state index in [1.807, 2.05) is 34.6 Å². The molecular weight excluding hydrogens is 421 g/mol. The van der Waals surface area contributed by atoms with Crippen molar-refractivity contribution < 1.29 is 13.9 Å². The molecular formula is C19H25Cl2N3O3S. The molecule has 1 aromatic carbocycles. The molecule has 0 fully saturated rings. The summed E-state index contributed by atoms with van der Waals surface area (Å²) in [7, 11) is 0. The number of thioether (sulfide) groups is 1. The second-order valence-electron chi connectivity index (χ2n) is 7.40. The quantitative estimate of drug-likeness (QED) is 0.505. The Morgan fingerprint density at radius 3 is 2.50 bits per heavy atom. The summed E-state index contributed by atoms with van der Waals surface area (Å²) in [5, 5.41) is 12.6. The number of amides is 1. The molecule has 2 rings (SSSR count). The molecule has 0 aliphatic heterocycles. The molecule has 0 aliphatic rings. The molecule has 154 valence electrons. The zero-order chi connectivity index (χ0) is 20.9. The highest BCUT2D eigenvalue weighted by Gasteiger charge is 2.28. The number of rotatable bonds is 7. The first-order chi connectivity index (χ1) is 13.1. The van der Waals surface area contributed by atoms with Gasteiger partial charge >= 0.3 is 6.09 Å². The lowest BCUT2D eigenvalue weighted by Gasteiger charge is -2.24. The Morgan fingerprint density at radius 2 is 1.93 bits per heavy atom. The number of carbonyl (C=O) groups is 1. The number of nitrogens with one attached hydrogen (secondary N) is 1. The van der Waals surface area contributed by atoms with Crippen molar-refractivity contribution in [2.45, 2.75) is 63.7 Å². The Kier molecular flexibility index (Phi) is 8.04. The maximum Gasteiger partial charge on any atom is 0.408 e. The Hall–Kier alpha value is -1.44. The summed E-state index contributed by atoms with van der Waals surface area (Å²) in [5.41, 5.74) is 0.217. The molecule has 2 atom stereocenters. The number of carbonyl (C=O) groups excluding carboxylic acids is 1. The van der Waals surface area contributed by atoms with Crippen molar-refractivity contribution >= 4 is 41.1 Å². The summed E-state index contributed by atoms with van der Waals surface area (Å²) in [6.45, 7) is 9.47. The van der Waals surface area contributed by atoms with Gasteiger partial charge in [-0.05, 0) is 44.4 Å². The van der Waals surface area contributed by atoms with E-state index in [0.717, 1.165) is 12.0 Å². The Balaban J connectivity index is 2.10. The Labute approximate surface area is 179 Å². The SMILES string of the molecule is CCC(C)[C@H](NC(=O)OC(C)(C)C)c1nnc(SCc2c(Cl)cccc2Cl)o1. The van der Waals surface area contributed by atoms with Crippen LogP contribution in [0.2, 0.25) is 10.0 Å². The van der Waals surface area contributed by atoms with E-state index in [0.29, 0.717) is 26.9 Å². The number of nitrogens with zero attached hydrogens (tertiary/aromatic N) is 2. The Morgan fingerprint density at radius 1 is 1.29 bits per heavy atom. The van der Waals surface area contributed by atoms with Crippen molar-refractivity contribution in [3.05, 3.63) is 39.7 Å². The van der Waals surface area contributed by atoms with Crippen LogP contribution in [0.25, 0.3) is 0 Å². The van der Waals surface area contributed by atoms with Crippen LogP contribution in [0.15, 0.2) is 27.8 Å². The predicted octanol–water partition coefficient (Wildman–Crippen LogP) is 6.28. The van der Waals surface area contributed by atoms with Gasteiger partial charge in [-0.1, -0.05) is 61.3 Å². The lowest BCUT2D eigenvalue weighted by Crippen LogP contribution is -2.37. The van der Waals surface area contributed by atoms with Gasteiger partial charge in [0, 0.05) is 15.8 Å². The maximum atomic E-state index is 12.2. The zero-order valence-electron chi connectivity index (χ0n) is 16.6. The van der Waals surface area contributed by atoms with Gasteiger partial charge in [-0.15, -0.1) is 10.2 Å². The van der Waals surface area contributed by atoms with Crippen molar-refractivity contribution in [3.63, 3.8) is 0 Å². The fraction of sp³-hybridized carbons (Fsp3) is 0.526. The van der Waals surface area contributed by atoms with Gasteiger partial charge in [0.2, 0.25) is 5.89 Å². The van der Waals surface area contributed by atoms with Crippen molar-refractivity contribution in [1.82, 2.24) is 15.5 Å². The third-order valence-corrected chi connectivity index (χ3v) is 5.53. The van der Waals surface area contributed by atoms with Gasteiger partial charge in [0.15, 0.2) is 0 Å². The van der Waals surface area contributed by atoms with Gasteiger partial charge in [0.1, 0.15) is 11.6 Å². The van der Waals surface area contributed by atoms with Gasteiger partial charge in [-0.25, -0.2) is 4.79 Å². The molecule has 0 saturated heterocycles. The van der Waals surface area contributed by atoms with Crippen molar-refractivity contribution in [3.8, 4) is 0 Å². The summed E-state index contributed by atoms with van der Waals surface area (Å²) >= 11 is 13.7. The highest BCUT2D eigenvalue weighted by atomic mass is 35.5. The Bertz CT molecular complexity index is 788. The first-order valence-electron chi connectivity index (χ1n) is 8.99. The fourth-order valence-corrected chi connectivity index (χ4v) is 3.84. The minimum Gasteiger partial charge on any atom is -0.444 e. The molecule has 0 aliphatic carbocycles. The van der Waals surface area contributed by atoms with E-state index in [2.05, 4.69) is 15.5 Å². The molecule has 1 aromatic heterocycles. The first-order valence-corrected chi connectivity index (χ1v) is 10.7. The highest BCUT2D eigenvalue weighted by Crippen LogP contribution is 2.32. The van der Waals surface area contributed by atoms with E-state index in [9.17, 15) is 4.79 Å². The van der Waals surface area contributed by atoms with Crippen molar-refractivity contribution in [2.24, 2.45) is 5.92 Å².